The normalized spacial score (nSPS) is 12.3. The van der Waals surface area contributed by atoms with Crippen LogP contribution < -0.4 is 16.0 Å². The van der Waals surface area contributed by atoms with Gasteiger partial charge in [-0.1, -0.05) is 119 Å². The van der Waals surface area contributed by atoms with Crippen LogP contribution in [0.25, 0.3) is 0 Å². The summed E-state index contributed by atoms with van der Waals surface area (Å²) < 4.78 is 0. The topological polar surface area (TPSA) is 74.8 Å². The first-order valence-electron chi connectivity index (χ1n) is 13.1. The minimum absolute atomic E-state index is 0.123. The van der Waals surface area contributed by atoms with Crippen molar-refractivity contribution in [2.24, 2.45) is 0 Å². The van der Waals surface area contributed by atoms with E-state index >= 15 is 0 Å². The van der Waals surface area contributed by atoms with Gasteiger partial charge in [-0.15, -0.1) is 0 Å². The molecular formula is C25H52N3O2S2+. The van der Waals surface area contributed by atoms with Gasteiger partial charge in [0, 0.05) is 30.5 Å². The maximum Gasteiger partial charge on any atom is 0.328 e. The van der Waals surface area contributed by atoms with Crippen LogP contribution in [0.2, 0.25) is 0 Å². The first-order chi connectivity index (χ1) is 15.5. The number of hydrogen-bond acceptors (Lipinski definition) is 5. The Bertz CT molecular complexity index is 451. The molecule has 0 aliphatic carbocycles. The molecule has 5 nitrogen and oxygen atoms in total. The Morgan fingerprint density at radius 3 is 1.84 bits per heavy atom. The molecule has 7 heteroatoms. The second-order valence-corrected chi connectivity index (χ2v) is 11.6. The van der Waals surface area contributed by atoms with E-state index in [9.17, 15) is 9.59 Å². The lowest BCUT2D eigenvalue weighted by molar-refractivity contribution is -0.540. The number of carbonyl (C=O) groups excluding carboxylic acids is 2. The molecule has 0 saturated carbocycles. The number of hydrogen-bond donors (Lipinski definition) is 3. The highest BCUT2D eigenvalue weighted by atomic mass is 33.1. The van der Waals surface area contributed by atoms with Gasteiger partial charge in [0.2, 0.25) is 5.91 Å². The van der Waals surface area contributed by atoms with Crippen LogP contribution in [0.3, 0.4) is 0 Å². The van der Waals surface area contributed by atoms with Gasteiger partial charge in [-0.2, -0.15) is 0 Å². The predicted molar refractivity (Wildman–Crippen MR) is 143 cm³/mol. The zero-order chi connectivity index (χ0) is 23.9. The molecule has 0 aromatic carbocycles. The molecule has 0 aliphatic rings. The van der Waals surface area contributed by atoms with Gasteiger partial charge < -0.3 is 5.32 Å². The van der Waals surface area contributed by atoms with Gasteiger partial charge in [0.25, 0.3) is 0 Å². The molecular weight excluding hydrogens is 438 g/mol. The Morgan fingerprint density at radius 2 is 1.34 bits per heavy atom. The van der Waals surface area contributed by atoms with E-state index in [0.717, 1.165) is 17.9 Å². The molecule has 0 aromatic rings. The minimum atomic E-state index is -0.123. The summed E-state index contributed by atoms with van der Waals surface area (Å²) >= 11 is 0. The monoisotopic (exact) mass is 490 g/mol. The number of nitrogens with two attached hydrogens (primary N) is 1. The fourth-order valence-electron chi connectivity index (χ4n) is 3.61. The summed E-state index contributed by atoms with van der Waals surface area (Å²) in [6.45, 7) is 7.08. The molecule has 0 heterocycles. The number of quaternary nitrogens is 1. The Hall–Kier alpha value is -0.240. The summed E-state index contributed by atoms with van der Waals surface area (Å²) in [5.41, 5.74) is 0. The number of nitrogens with one attached hydrogen (secondary N) is 2. The Labute approximate surface area is 206 Å². The van der Waals surface area contributed by atoms with E-state index in [2.05, 4.69) is 31.4 Å². The minimum Gasteiger partial charge on any atom is -0.355 e. The van der Waals surface area contributed by atoms with E-state index in [0.29, 0.717) is 19.0 Å². The maximum absolute atomic E-state index is 11.9. The van der Waals surface area contributed by atoms with Crippen molar-refractivity contribution in [2.75, 3.05) is 25.1 Å². The van der Waals surface area contributed by atoms with Gasteiger partial charge in [0.1, 0.15) is 6.04 Å². The third-order valence-electron chi connectivity index (χ3n) is 5.50. The van der Waals surface area contributed by atoms with Crippen LogP contribution in [0.1, 0.15) is 111 Å². The first-order valence-corrected chi connectivity index (χ1v) is 15.6. The second kappa shape index (κ2) is 23.9. The molecule has 2 amide bonds. The molecule has 0 spiro atoms. The van der Waals surface area contributed by atoms with Crippen LogP contribution in [0, 0.1) is 0 Å². The molecule has 0 saturated heterocycles. The average Bonchev–Trinajstić information content (AvgIpc) is 2.77. The third-order valence-corrected chi connectivity index (χ3v) is 7.91. The Balaban J connectivity index is 3.44. The van der Waals surface area contributed by atoms with Crippen LogP contribution in [0.5, 0.6) is 0 Å². The number of amides is 2. The number of likely N-dealkylation sites (N-methyl/N-ethyl adjacent to an activating group) is 1. The van der Waals surface area contributed by atoms with Crippen LogP contribution in [-0.2, 0) is 9.59 Å². The highest BCUT2D eigenvalue weighted by Crippen LogP contribution is 2.21. The van der Waals surface area contributed by atoms with E-state index < -0.39 is 0 Å². The molecule has 190 valence electrons. The lowest BCUT2D eigenvalue weighted by Crippen LogP contribution is -2.88. The number of unbranched alkanes of at least 4 members (excludes halogenated alkanes) is 12. The van der Waals surface area contributed by atoms with Crippen LogP contribution in [0.4, 0.5) is 0 Å². The molecule has 0 aliphatic heterocycles. The smallest absolute Gasteiger partial charge is 0.328 e. The lowest BCUT2D eigenvalue weighted by atomic mass is 10.0. The summed E-state index contributed by atoms with van der Waals surface area (Å²) in [4.78, 5) is 23.9. The lowest BCUT2D eigenvalue weighted by Gasteiger charge is -2.16. The van der Waals surface area contributed by atoms with Crippen LogP contribution >= 0.6 is 21.6 Å². The van der Waals surface area contributed by atoms with Gasteiger partial charge >= 0.3 is 5.91 Å². The summed E-state index contributed by atoms with van der Waals surface area (Å²) in [6.07, 6.45) is 17.9. The number of rotatable bonds is 23. The fourth-order valence-corrected chi connectivity index (χ4v) is 5.71. The van der Waals surface area contributed by atoms with Crippen molar-refractivity contribution in [3.63, 3.8) is 0 Å². The van der Waals surface area contributed by atoms with E-state index in [1.165, 1.54) is 77.0 Å². The highest BCUT2D eigenvalue weighted by molar-refractivity contribution is 8.76. The van der Waals surface area contributed by atoms with Crippen LogP contribution in [-0.4, -0.2) is 49.0 Å². The summed E-state index contributed by atoms with van der Waals surface area (Å²) in [6, 6.07) is 0.168. The van der Waals surface area contributed by atoms with E-state index in [-0.39, 0.29) is 17.9 Å². The van der Waals surface area contributed by atoms with Crippen molar-refractivity contribution in [1.82, 2.24) is 10.6 Å². The van der Waals surface area contributed by atoms with Crippen molar-refractivity contribution >= 4 is 33.4 Å². The second-order valence-electron chi connectivity index (χ2n) is 9.01. The Morgan fingerprint density at radius 1 is 0.812 bits per heavy atom. The van der Waals surface area contributed by atoms with E-state index in [1.807, 2.05) is 0 Å². The van der Waals surface area contributed by atoms with Crippen molar-refractivity contribution in [3.05, 3.63) is 0 Å². The average molecular weight is 491 g/mol. The molecule has 0 fully saturated rings. The van der Waals surface area contributed by atoms with Crippen molar-refractivity contribution in [3.8, 4) is 0 Å². The summed E-state index contributed by atoms with van der Waals surface area (Å²) in [5, 5.41) is 7.97. The Kier molecular flexibility index (Phi) is 23.7. The van der Waals surface area contributed by atoms with Gasteiger partial charge in [0.05, 0.1) is 7.05 Å². The van der Waals surface area contributed by atoms with Gasteiger partial charge in [-0.25, -0.2) is 4.79 Å². The largest absolute Gasteiger partial charge is 0.355 e. The van der Waals surface area contributed by atoms with Gasteiger partial charge in [-0.05, 0) is 6.42 Å². The highest BCUT2D eigenvalue weighted by Gasteiger charge is 2.21. The van der Waals surface area contributed by atoms with E-state index in [1.54, 1.807) is 34.0 Å². The van der Waals surface area contributed by atoms with Gasteiger partial charge in [0.15, 0.2) is 0 Å². The SMILES string of the molecule is CCCCCCCCCCCCCCCC(=O)NCCSSCC(NC(C)C)C(=O)[NH2+]C. The quantitative estimate of drug-likeness (QED) is 0.138. The van der Waals surface area contributed by atoms with Crippen molar-refractivity contribution < 1.29 is 14.9 Å². The number of carbonyl (C=O) groups is 2. The molecule has 0 rings (SSSR count). The number of primary amides is 1. The molecule has 0 aromatic heterocycles. The zero-order valence-corrected chi connectivity index (χ0v) is 23.0. The summed E-state index contributed by atoms with van der Waals surface area (Å²) in [7, 11) is 5.21. The predicted octanol–water partition coefficient (Wildman–Crippen LogP) is 5.05. The maximum atomic E-state index is 11.9. The molecule has 32 heavy (non-hydrogen) atoms. The van der Waals surface area contributed by atoms with Crippen LogP contribution in [0.15, 0.2) is 0 Å². The van der Waals surface area contributed by atoms with Crippen molar-refractivity contribution in [2.45, 2.75) is 123 Å². The standard InChI is InChI=1S/C25H51N3O2S2/c1-5-6-7-8-9-10-11-12-13-14-15-16-17-18-24(29)27-19-20-31-32-21-23(25(30)26-4)28-22(2)3/h22-23,28H,5-21H2,1-4H3,(H,26,30)(H,27,29)/p+1. The van der Waals surface area contributed by atoms with E-state index in [4.69, 9.17) is 0 Å². The van der Waals surface area contributed by atoms with Gasteiger partial charge in [-0.3, -0.25) is 15.4 Å². The summed E-state index contributed by atoms with van der Waals surface area (Å²) in [5.74, 6) is 1.94. The molecule has 0 bridgehead atoms. The molecule has 1 atom stereocenters. The third kappa shape index (κ3) is 21.6. The fraction of sp³-hybridized carbons (Fsp3) is 0.920. The zero-order valence-electron chi connectivity index (χ0n) is 21.4. The van der Waals surface area contributed by atoms with Crippen molar-refractivity contribution in [1.29, 1.82) is 0 Å². The molecule has 1 unspecified atom stereocenters. The molecule has 4 N–H and O–H groups in total. The first kappa shape index (κ1) is 31.8. The molecule has 0 radical (unpaired) electrons.